The highest BCUT2D eigenvalue weighted by Crippen LogP contribution is 1.98. The fraction of sp³-hybridized carbons (Fsp3) is 0.778. The van der Waals surface area contributed by atoms with Gasteiger partial charge in [0, 0.05) is 20.3 Å². The Morgan fingerprint density at radius 3 is 1.35 bits per heavy atom. The highest BCUT2D eigenvalue weighted by Gasteiger charge is 2.29. The van der Waals surface area contributed by atoms with E-state index in [-0.39, 0.29) is 0 Å². The summed E-state index contributed by atoms with van der Waals surface area (Å²) in [5.74, 6) is -3.54. The van der Waals surface area contributed by atoms with Gasteiger partial charge in [0.25, 0.3) is 0 Å². The largest absolute Gasteiger partial charge is 0.479 e. The first kappa shape index (κ1) is 18.2. The van der Waals surface area contributed by atoms with Crippen LogP contribution in [-0.4, -0.2) is 70.0 Å². The predicted molar refractivity (Wildman–Crippen MR) is 55.5 cm³/mol. The standard InChI is InChI=1S/C4H6O6.C4H8O.CH4O/c5-1(3(7)8)2(6)4(9)10;1-2-4-5-3-1;1-2/h1-2,5-6H,(H,7,8)(H,9,10);1-4H2;2H,1H3/t1-,2-;;/m1../s1. The number of carboxylic acid groups (broad SMARTS) is 2. The van der Waals surface area contributed by atoms with Crippen molar-refractivity contribution in [2.45, 2.75) is 25.0 Å². The van der Waals surface area contributed by atoms with Crippen molar-refractivity contribution in [1.29, 1.82) is 0 Å². The first-order valence-corrected chi connectivity index (χ1v) is 4.81. The first-order chi connectivity index (χ1) is 7.96. The Morgan fingerprint density at radius 2 is 1.24 bits per heavy atom. The van der Waals surface area contributed by atoms with E-state index in [9.17, 15) is 9.59 Å². The van der Waals surface area contributed by atoms with Crippen LogP contribution in [0.2, 0.25) is 0 Å². The quantitative estimate of drug-likeness (QED) is 0.400. The fourth-order valence-corrected chi connectivity index (χ4v) is 0.780. The molecule has 1 aliphatic rings. The van der Waals surface area contributed by atoms with Gasteiger partial charge in [0.05, 0.1) is 0 Å². The third-order valence-corrected chi connectivity index (χ3v) is 1.63. The molecule has 0 amide bonds. The van der Waals surface area contributed by atoms with Crippen molar-refractivity contribution >= 4 is 11.9 Å². The number of hydrogen-bond acceptors (Lipinski definition) is 6. The molecule has 0 saturated carbocycles. The number of aliphatic hydroxyl groups excluding tert-OH is 3. The monoisotopic (exact) mass is 254 g/mol. The normalized spacial score (nSPS) is 16.7. The molecule has 0 spiro atoms. The molecule has 0 unspecified atom stereocenters. The van der Waals surface area contributed by atoms with Crippen LogP contribution in [0.3, 0.4) is 0 Å². The summed E-state index contributed by atoms with van der Waals surface area (Å²) in [4.78, 5) is 19.5. The van der Waals surface area contributed by atoms with Gasteiger partial charge in [0.15, 0.2) is 12.2 Å². The van der Waals surface area contributed by atoms with E-state index in [0.717, 1.165) is 20.3 Å². The topological polar surface area (TPSA) is 145 Å². The number of carboxylic acids is 2. The van der Waals surface area contributed by atoms with E-state index in [1.54, 1.807) is 0 Å². The molecule has 0 bridgehead atoms. The van der Waals surface area contributed by atoms with E-state index in [0.29, 0.717) is 0 Å². The molecule has 1 fully saturated rings. The molecule has 1 rings (SSSR count). The highest BCUT2D eigenvalue weighted by atomic mass is 16.5. The van der Waals surface area contributed by atoms with Crippen molar-refractivity contribution in [2.75, 3.05) is 20.3 Å². The van der Waals surface area contributed by atoms with Crippen LogP contribution in [0.5, 0.6) is 0 Å². The van der Waals surface area contributed by atoms with Gasteiger partial charge in [0.1, 0.15) is 0 Å². The molecule has 8 nitrogen and oxygen atoms in total. The van der Waals surface area contributed by atoms with Gasteiger partial charge in [-0.2, -0.15) is 0 Å². The minimum Gasteiger partial charge on any atom is -0.479 e. The summed E-state index contributed by atoms with van der Waals surface area (Å²) >= 11 is 0. The molecule has 2 atom stereocenters. The smallest absolute Gasteiger partial charge is 0.335 e. The fourth-order valence-electron chi connectivity index (χ4n) is 0.780. The SMILES string of the molecule is C1CCOC1.CO.O=C(O)[C@H](O)[C@@H](O)C(=O)O. The minimum atomic E-state index is -2.27. The van der Waals surface area contributed by atoms with Gasteiger partial charge in [-0.05, 0) is 12.8 Å². The Balaban J connectivity index is 0. The van der Waals surface area contributed by atoms with Crippen LogP contribution < -0.4 is 0 Å². The molecule has 1 heterocycles. The Kier molecular flexibility index (Phi) is 12.0. The molecule has 1 aliphatic heterocycles. The summed E-state index contributed by atoms with van der Waals surface area (Å²) in [6, 6.07) is 0. The first-order valence-electron chi connectivity index (χ1n) is 4.81. The summed E-state index contributed by atoms with van der Waals surface area (Å²) < 4.78 is 4.94. The summed E-state index contributed by atoms with van der Waals surface area (Å²) in [5, 5.41) is 39.5. The van der Waals surface area contributed by atoms with E-state index in [2.05, 4.69) is 0 Å². The van der Waals surface area contributed by atoms with Gasteiger partial charge >= 0.3 is 11.9 Å². The molecule has 0 aromatic rings. The number of ether oxygens (including phenoxy) is 1. The van der Waals surface area contributed by atoms with E-state index in [4.69, 9.17) is 30.3 Å². The average molecular weight is 254 g/mol. The van der Waals surface area contributed by atoms with Crippen LogP contribution in [0.1, 0.15) is 12.8 Å². The zero-order valence-electron chi connectivity index (χ0n) is 9.44. The second kappa shape index (κ2) is 11.3. The second-order valence-electron chi connectivity index (χ2n) is 2.89. The van der Waals surface area contributed by atoms with E-state index >= 15 is 0 Å². The molecule has 0 aromatic carbocycles. The second-order valence-corrected chi connectivity index (χ2v) is 2.89. The number of aliphatic carboxylic acids is 2. The van der Waals surface area contributed by atoms with Crippen molar-refractivity contribution in [3.63, 3.8) is 0 Å². The minimum absolute atomic E-state index is 1.00. The summed E-state index contributed by atoms with van der Waals surface area (Å²) in [6.45, 7) is 2.00. The molecular weight excluding hydrogens is 236 g/mol. The van der Waals surface area contributed by atoms with Crippen molar-refractivity contribution in [3.05, 3.63) is 0 Å². The third kappa shape index (κ3) is 9.69. The molecule has 5 N–H and O–H groups in total. The molecule has 0 aliphatic carbocycles. The Hall–Kier alpha value is -1.22. The summed E-state index contributed by atoms with van der Waals surface area (Å²) in [6.07, 6.45) is -1.98. The van der Waals surface area contributed by atoms with Crippen LogP contribution in [0.4, 0.5) is 0 Å². The van der Waals surface area contributed by atoms with Crippen molar-refractivity contribution in [2.24, 2.45) is 0 Å². The number of carbonyl (C=O) groups is 2. The van der Waals surface area contributed by atoms with E-state index < -0.39 is 24.1 Å². The molecule has 0 radical (unpaired) electrons. The van der Waals surface area contributed by atoms with Gasteiger partial charge in [-0.3, -0.25) is 0 Å². The highest BCUT2D eigenvalue weighted by molar-refractivity contribution is 5.83. The maximum atomic E-state index is 9.77. The van der Waals surface area contributed by atoms with Gasteiger partial charge in [-0.15, -0.1) is 0 Å². The van der Waals surface area contributed by atoms with Crippen molar-refractivity contribution in [3.8, 4) is 0 Å². The number of aliphatic hydroxyl groups is 3. The van der Waals surface area contributed by atoms with E-state index in [1.165, 1.54) is 12.8 Å². The summed E-state index contributed by atoms with van der Waals surface area (Å²) in [7, 11) is 1.00. The molecule has 17 heavy (non-hydrogen) atoms. The molecule has 102 valence electrons. The molecule has 0 aromatic heterocycles. The number of rotatable bonds is 3. The molecule has 8 heteroatoms. The number of hydrogen-bond donors (Lipinski definition) is 5. The Morgan fingerprint density at radius 1 is 0.941 bits per heavy atom. The van der Waals surface area contributed by atoms with E-state index in [1.807, 2.05) is 0 Å². The lowest BCUT2D eigenvalue weighted by Gasteiger charge is -2.07. The van der Waals surface area contributed by atoms with Gasteiger partial charge in [-0.25, -0.2) is 9.59 Å². The zero-order valence-corrected chi connectivity index (χ0v) is 9.44. The van der Waals surface area contributed by atoms with Crippen molar-refractivity contribution < 1.29 is 39.9 Å². The maximum Gasteiger partial charge on any atom is 0.335 e. The van der Waals surface area contributed by atoms with Crippen LogP contribution in [-0.2, 0) is 14.3 Å². The van der Waals surface area contributed by atoms with Gasteiger partial charge in [-0.1, -0.05) is 0 Å². The van der Waals surface area contributed by atoms with Crippen molar-refractivity contribution in [1.82, 2.24) is 0 Å². The van der Waals surface area contributed by atoms with Gasteiger partial charge < -0.3 is 30.3 Å². The third-order valence-electron chi connectivity index (χ3n) is 1.63. The lowest BCUT2D eigenvalue weighted by atomic mass is 10.2. The van der Waals surface area contributed by atoms with Crippen LogP contribution >= 0.6 is 0 Å². The zero-order chi connectivity index (χ0) is 13.8. The maximum absolute atomic E-state index is 9.77. The molecule has 1 saturated heterocycles. The van der Waals surface area contributed by atoms with Crippen LogP contribution in [0, 0.1) is 0 Å². The average Bonchev–Trinajstić information content (AvgIpc) is 2.88. The Bertz CT molecular complexity index is 187. The lowest BCUT2D eigenvalue weighted by Crippen LogP contribution is -2.39. The van der Waals surface area contributed by atoms with Crippen LogP contribution in [0.25, 0.3) is 0 Å². The molecular formula is C9H18O8. The Labute approximate surface area is 98.1 Å². The predicted octanol–water partition coefficient (Wildman–Crippen LogP) is -1.72. The van der Waals surface area contributed by atoms with Gasteiger partial charge in [0.2, 0.25) is 0 Å². The lowest BCUT2D eigenvalue weighted by molar-refractivity contribution is -0.165. The summed E-state index contributed by atoms with van der Waals surface area (Å²) in [5.41, 5.74) is 0. The van der Waals surface area contributed by atoms with Crippen LogP contribution in [0.15, 0.2) is 0 Å².